The summed E-state index contributed by atoms with van der Waals surface area (Å²) in [4.78, 5) is 12.7. The Hall–Kier alpha value is -2.38. The topological polar surface area (TPSA) is 72.9 Å². The molecule has 1 atom stereocenters. The maximum atomic E-state index is 13.3. The molecule has 2 aliphatic rings. The number of rotatable bonds is 3. The highest BCUT2D eigenvalue weighted by atomic mass is 32.2. The number of sulfonamides is 1. The van der Waals surface area contributed by atoms with E-state index in [-0.39, 0.29) is 23.6 Å². The Morgan fingerprint density at radius 2 is 1.86 bits per heavy atom. The molecule has 0 bridgehead atoms. The van der Waals surface area contributed by atoms with Gasteiger partial charge in [-0.3, -0.25) is 4.79 Å². The summed E-state index contributed by atoms with van der Waals surface area (Å²) in [7, 11) is -2.31. The number of ether oxygens (including phenoxy) is 2. The van der Waals surface area contributed by atoms with Gasteiger partial charge < -0.3 is 9.47 Å². The third-order valence-electron chi connectivity index (χ3n) is 5.68. The number of fused-ring (bicyclic) bond motifs is 1. The van der Waals surface area contributed by atoms with E-state index in [1.54, 1.807) is 30.3 Å². The van der Waals surface area contributed by atoms with Gasteiger partial charge in [-0.05, 0) is 49.2 Å². The lowest BCUT2D eigenvalue weighted by Gasteiger charge is -2.34. The van der Waals surface area contributed by atoms with E-state index in [2.05, 4.69) is 0 Å². The van der Waals surface area contributed by atoms with Crippen LogP contribution in [0.4, 0.5) is 0 Å². The number of para-hydroxylation sites is 1. The molecule has 0 N–H and O–H groups in total. The monoisotopic (exact) mass is 401 g/mol. The molecule has 2 heterocycles. The van der Waals surface area contributed by atoms with Crippen molar-refractivity contribution in [3.63, 3.8) is 0 Å². The molecule has 6 nitrogen and oxygen atoms in total. The summed E-state index contributed by atoms with van der Waals surface area (Å²) >= 11 is 0. The fraction of sp³-hybridized carbons (Fsp3) is 0.381. The Morgan fingerprint density at radius 3 is 2.61 bits per heavy atom. The first kappa shape index (κ1) is 19.0. The first-order valence-corrected chi connectivity index (χ1v) is 10.7. The van der Waals surface area contributed by atoms with Crippen LogP contribution in [-0.4, -0.2) is 44.3 Å². The molecule has 1 fully saturated rings. The third-order valence-corrected chi connectivity index (χ3v) is 7.54. The second kappa shape index (κ2) is 6.60. The SMILES string of the molecule is COc1cc(C)c(C)cc1S(=O)(=O)N1CCC2(CC(=O)c3ccccc3O2)C1. The molecule has 1 unspecified atom stereocenters. The van der Waals surface area contributed by atoms with Crippen molar-refractivity contribution in [1.29, 1.82) is 0 Å². The van der Waals surface area contributed by atoms with Crippen LogP contribution in [0.2, 0.25) is 0 Å². The zero-order valence-corrected chi connectivity index (χ0v) is 17.0. The van der Waals surface area contributed by atoms with E-state index in [0.29, 0.717) is 30.0 Å². The zero-order chi connectivity index (χ0) is 20.1. The van der Waals surface area contributed by atoms with E-state index in [1.165, 1.54) is 11.4 Å². The van der Waals surface area contributed by atoms with Crippen molar-refractivity contribution in [1.82, 2.24) is 4.31 Å². The van der Waals surface area contributed by atoms with Crippen molar-refractivity contribution in [2.24, 2.45) is 0 Å². The fourth-order valence-corrected chi connectivity index (χ4v) is 5.68. The van der Waals surface area contributed by atoms with Gasteiger partial charge in [-0.25, -0.2) is 8.42 Å². The van der Waals surface area contributed by atoms with E-state index in [0.717, 1.165) is 11.1 Å². The summed E-state index contributed by atoms with van der Waals surface area (Å²) < 4.78 is 39.6. The van der Waals surface area contributed by atoms with Crippen molar-refractivity contribution < 1.29 is 22.7 Å². The van der Waals surface area contributed by atoms with Crippen molar-refractivity contribution in [3.8, 4) is 11.5 Å². The van der Waals surface area contributed by atoms with Gasteiger partial charge in [-0.2, -0.15) is 4.31 Å². The maximum absolute atomic E-state index is 13.3. The van der Waals surface area contributed by atoms with E-state index < -0.39 is 15.6 Å². The van der Waals surface area contributed by atoms with E-state index >= 15 is 0 Å². The average Bonchev–Trinajstić information content (AvgIpc) is 3.07. The van der Waals surface area contributed by atoms with Crippen LogP contribution < -0.4 is 9.47 Å². The van der Waals surface area contributed by atoms with E-state index in [4.69, 9.17) is 9.47 Å². The van der Waals surface area contributed by atoms with Crippen molar-refractivity contribution >= 4 is 15.8 Å². The van der Waals surface area contributed by atoms with Gasteiger partial charge >= 0.3 is 0 Å². The molecule has 1 saturated heterocycles. The van der Waals surface area contributed by atoms with Crippen LogP contribution in [-0.2, 0) is 10.0 Å². The van der Waals surface area contributed by atoms with Gasteiger partial charge in [-0.1, -0.05) is 12.1 Å². The van der Waals surface area contributed by atoms with Crippen LogP contribution in [0.25, 0.3) is 0 Å². The molecule has 0 aliphatic carbocycles. The molecule has 1 spiro atoms. The van der Waals surface area contributed by atoms with Crippen LogP contribution in [0.3, 0.4) is 0 Å². The number of ketones is 1. The van der Waals surface area contributed by atoms with E-state index in [1.807, 2.05) is 19.9 Å². The number of hydrogen-bond donors (Lipinski definition) is 0. The second-order valence-electron chi connectivity index (χ2n) is 7.56. The number of Topliss-reactive ketones (excluding diaryl/α,β-unsaturated/α-hetero) is 1. The first-order chi connectivity index (χ1) is 13.3. The maximum Gasteiger partial charge on any atom is 0.246 e. The Labute approximate surface area is 165 Å². The Morgan fingerprint density at radius 1 is 1.14 bits per heavy atom. The van der Waals surface area contributed by atoms with Crippen LogP contribution >= 0.6 is 0 Å². The number of nitrogens with zero attached hydrogens (tertiary/aromatic N) is 1. The predicted molar refractivity (Wildman–Crippen MR) is 105 cm³/mol. The third kappa shape index (κ3) is 2.99. The lowest BCUT2D eigenvalue weighted by molar-refractivity contribution is 0.0498. The van der Waals surface area contributed by atoms with Crippen LogP contribution in [0.1, 0.15) is 34.3 Å². The van der Waals surface area contributed by atoms with Crippen LogP contribution in [0.5, 0.6) is 11.5 Å². The van der Waals surface area contributed by atoms with Gasteiger partial charge in [0.25, 0.3) is 0 Å². The fourth-order valence-electron chi connectivity index (χ4n) is 3.95. The highest BCUT2D eigenvalue weighted by Gasteiger charge is 2.49. The smallest absolute Gasteiger partial charge is 0.246 e. The molecule has 2 aromatic carbocycles. The minimum atomic E-state index is -3.77. The number of carbonyl (C=O) groups is 1. The molecular weight excluding hydrogens is 378 g/mol. The Kier molecular flexibility index (Phi) is 4.47. The number of carbonyl (C=O) groups excluding carboxylic acids is 1. The normalized spacial score (nSPS) is 22.2. The predicted octanol–water partition coefficient (Wildman–Crippen LogP) is 3.11. The molecule has 148 valence electrons. The molecule has 0 saturated carbocycles. The minimum Gasteiger partial charge on any atom is -0.495 e. The summed E-state index contributed by atoms with van der Waals surface area (Å²) in [5.74, 6) is 0.849. The molecule has 2 aromatic rings. The van der Waals surface area contributed by atoms with Crippen molar-refractivity contribution in [3.05, 3.63) is 53.1 Å². The summed E-state index contributed by atoms with van der Waals surface area (Å²) in [6.07, 6.45) is 0.652. The van der Waals surface area contributed by atoms with Gasteiger partial charge in [0.2, 0.25) is 10.0 Å². The number of hydrogen-bond acceptors (Lipinski definition) is 5. The lowest BCUT2D eigenvalue weighted by atomic mass is 9.89. The van der Waals surface area contributed by atoms with Gasteiger partial charge in [0.05, 0.1) is 25.6 Å². The molecule has 0 radical (unpaired) electrons. The second-order valence-corrected chi connectivity index (χ2v) is 9.46. The van der Waals surface area contributed by atoms with Crippen molar-refractivity contribution in [2.75, 3.05) is 20.2 Å². The van der Waals surface area contributed by atoms with Gasteiger partial charge in [0, 0.05) is 13.0 Å². The zero-order valence-electron chi connectivity index (χ0n) is 16.2. The molecule has 28 heavy (non-hydrogen) atoms. The van der Waals surface area contributed by atoms with Crippen LogP contribution in [0.15, 0.2) is 41.3 Å². The molecule has 0 amide bonds. The minimum absolute atomic E-state index is 0.00939. The molecule has 7 heteroatoms. The summed E-state index contributed by atoms with van der Waals surface area (Å²) in [5.41, 5.74) is 1.59. The van der Waals surface area contributed by atoms with Gasteiger partial charge in [0.1, 0.15) is 22.0 Å². The first-order valence-electron chi connectivity index (χ1n) is 9.22. The van der Waals surface area contributed by atoms with Gasteiger partial charge in [0.15, 0.2) is 5.78 Å². The number of aryl methyl sites for hydroxylation is 2. The summed E-state index contributed by atoms with van der Waals surface area (Å²) in [5, 5.41) is 0. The Balaban J connectivity index is 1.66. The quantitative estimate of drug-likeness (QED) is 0.790. The molecular formula is C21H23NO5S. The summed E-state index contributed by atoms with van der Waals surface area (Å²) in [6.45, 7) is 4.23. The van der Waals surface area contributed by atoms with Crippen molar-refractivity contribution in [2.45, 2.75) is 37.2 Å². The lowest BCUT2D eigenvalue weighted by Crippen LogP contribution is -2.45. The largest absolute Gasteiger partial charge is 0.495 e. The highest BCUT2D eigenvalue weighted by Crippen LogP contribution is 2.41. The molecule has 0 aromatic heterocycles. The standard InChI is InChI=1S/C21H23NO5S/c1-14-10-19(26-3)20(11-15(14)2)28(24,25)22-9-8-21(13-22)12-17(23)16-6-4-5-7-18(16)27-21/h4-7,10-11H,8-9,12-13H2,1-3H3. The summed E-state index contributed by atoms with van der Waals surface area (Å²) in [6, 6.07) is 10.5. The highest BCUT2D eigenvalue weighted by molar-refractivity contribution is 7.89. The average molecular weight is 401 g/mol. The number of methoxy groups -OCH3 is 1. The number of benzene rings is 2. The Bertz CT molecular complexity index is 1060. The molecule has 2 aliphatic heterocycles. The van der Waals surface area contributed by atoms with Crippen LogP contribution in [0, 0.1) is 13.8 Å². The van der Waals surface area contributed by atoms with E-state index in [9.17, 15) is 13.2 Å². The molecule has 4 rings (SSSR count). The van der Waals surface area contributed by atoms with Gasteiger partial charge in [-0.15, -0.1) is 0 Å².